The molecule has 1 aromatic rings. The van der Waals surface area contributed by atoms with E-state index in [-0.39, 0.29) is 0 Å². The van der Waals surface area contributed by atoms with Crippen LogP contribution >= 0.6 is 15.9 Å². The normalized spacial score (nSPS) is 22.2. The van der Waals surface area contributed by atoms with Crippen molar-refractivity contribution in [2.75, 3.05) is 0 Å². The van der Waals surface area contributed by atoms with E-state index >= 15 is 0 Å². The lowest BCUT2D eigenvalue weighted by molar-refractivity contribution is 0.202. The first-order valence-electron chi connectivity index (χ1n) is 5.85. The van der Waals surface area contributed by atoms with Gasteiger partial charge in [0.05, 0.1) is 0 Å². The lowest BCUT2D eigenvalue weighted by Crippen LogP contribution is -2.27. The minimum Gasteiger partial charge on any atom is -0.292 e. The summed E-state index contributed by atoms with van der Waals surface area (Å²) in [4.78, 5) is 2.66. The maximum atomic E-state index is 3.66. The number of halogens is 1. The van der Waals surface area contributed by atoms with Gasteiger partial charge in [-0.25, -0.2) is 0 Å². The van der Waals surface area contributed by atoms with E-state index in [4.69, 9.17) is 0 Å². The zero-order chi connectivity index (χ0) is 10.3. The van der Waals surface area contributed by atoms with Gasteiger partial charge < -0.3 is 0 Å². The van der Waals surface area contributed by atoms with E-state index in [9.17, 15) is 0 Å². The van der Waals surface area contributed by atoms with Crippen LogP contribution in [0.15, 0.2) is 22.7 Å². The van der Waals surface area contributed by atoms with E-state index in [0.29, 0.717) is 0 Å². The van der Waals surface area contributed by atoms with Crippen molar-refractivity contribution in [3.8, 4) is 0 Å². The molecule has 3 rings (SSSR count). The van der Waals surface area contributed by atoms with Crippen LogP contribution in [0.2, 0.25) is 0 Å². The highest BCUT2D eigenvalue weighted by Gasteiger charge is 2.28. The van der Waals surface area contributed by atoms with Crippen LogP contribution in [0.5, 0.6) is 0 Å². The number of hydrogen-bond acceptors (Lipinski definition) is 1. The predicted molar refractivity (Wildman–Crippen MR) is 65.6 cm³/mol. The Kier molecular flexibility index (Phi) is 2.57. The monoisotopic (exact) mass is 265 g/mol. The van der Waals surface area contributed by atoms with E-state index in [1.54, 1.807) is 0 Å². The Morgan fingerprint density at radius 3 is 2.67 bits per heavy atom. The van der Waals surface area contributed by atoms with E-state index in [2.05, 4.69) is 39.0 Å². The Balaban J connectivity index is 1.82. The Morgan fingerprint density at radius 1 is 1.13 bits per heavy atom. The van der Waals surface area contributed by atoms with Crippen molar-refractivity contribution in [2.24, 2.45) is 0 Å². The SMILES string of the molecule is Brc1cccc2c1CN(C1CCCC1)C2. The molecule has 2 heteroatoms. The number of fused-ring (bicyclic) bond motifs is 1. The molecule has 1 aliphatic carbocycles. The van der Waals surface area contributed by atoms with Crippen LogP contribution in [-0.2, 0) is 13.1 Å². The molecule has 1 aliphatic heterocycles. The zero-order valence-electron chi connectivity index (χ0n) is 8.88. The van der Waals surface area contributed by atoms with E-state index < -0.39 is 0 Å². The summed E-state index contributed by atoms with van der Waals surface area (Å²) in [5.74, 6) is 0. The lowest BCUT2D eigenvalue weighted by atomic mass is 10.1. The summed E-state index contributed by atoms with van der Waals surface area (Å²) in [6.07, 6.45) is 5.68. The molecule has 0 atom stereocenters. The molecule has 80 valence electrons. The van der Waals surface area contributed by atoms with Crippen LogP contribution < -0.4 is 0 Å². The van der Waals surface area contributed by atoms with Gasteiger partial charge >= 0.3 is 0 Å². The Hall–Kier alpha value is -0.340. The first kappa shape index (κ1) is 9.86. The van der Waals surface area contributed by atoms with Gasteiger partial charge in [0.2, 0.25) is 0 Å². The first-order chi connectivity index (χ1) is 7.34. The molecule has 15 heavy (non-hydrogen) atoms. The predicted octanol–water partition coefficient (Wildman–Crippen LogP) is 3.71. The van der Waals surface area contributed by atoms with Crippen molar-refractivity contribution >= 4 is 15.9 Å². The maximum Gasteiger partial charge on any atom is 0.0254 e. The molecule has 1 aromatic carbocycles. The summed E-state index contributed by atoms with van der Waals surface area (Å²) in [7, 11) is 0. The standard InChI is InChI=1S/C13H16BrN/c14-13-7-3-4-10-8-15(9-12(10)13)11-5-1-2-6-11/h3-4,7,11H,1-2,5-6,8-9H2. The van der Waals surface area contributed by atoms with Crippen molar-refractivity contribution in [3.05, 3.63) is 33.8 Å². The van der Waals surface area contributed by atoms with Crippen LogP contribution in [0.1, 0.15) is 36.8 Å². The van der Waals surface area contributed by atoms with Crippen molar-refractivity contribution in [3.63, 3.8) is 0 Å². The largest absolute Gasteiger partial charge is 0.292 e. The molecule has 0 radical (unpaired) electrons. The second kappa shape index (κ2) is 3.91. The fourth-order valence-electron chi connectivity index (χ4n) is 2.93. The van der Waals surface area contributed by atoms with E-state index in [0.717, 1.165) is 12.6 Å². The first-order valence-corrected chi connectivity index (χ1v) is 6.64. The van der Waals surface area contributed by atoms with Gasteiger partial charge in [0, 0.05) is 23.6 Å². The molecule has 0 N–H and O–H groups in total. The third-order valence-electron chi connectivity index (χ3n) is 3.79. The van der Waals surface area contributed by atoms with Crippen molar-refractivity contribution in [1.29, 1.82) is 0 Å². The van der Waals surface area contributed by atoms with Gasteiger partial charge in [0.25, 0.3) is 0 Å². The van der Waals surface area contributed by atoms with Gasteiger partial charge in [0.15, 0.2) is 0 Å². The maximum absolute atomic E-state index is 3.66. The number of rotatable bonds is 1. The lowest BCUT2D eigenvalue weighted by Gasteiger charge is -2.22. The highest BCUT2D eigenvalue weighted by atomic mass is 79.9. The van der Waals surface area contributed by atoms with E-state index in [1.165, 1.54) is 47.8 Å². The third-order valence-corrected chi connectivity index (χ3v) is 4.53. The molecule has 1 fully saturated rings. The average molecular weight is 266 g/mol. The number of nitrogens with zero attached hydrogens (tertiary/aromatic N) is 1. The fraction of sp³-hybridized carbons (Fsp3) is 0.538. The second-order valence-corrected chi connectivity index (χ2v) is 5.58. The highest BCUT2D eigenvalue weighted by molar-refractivity contribution is 9.10. The number of hydrogen-bond donors (Lipinski definition) is 0. The summed E-state index contributed by atoms with van der Waals surface area (Å²) in [5, 5.41) is 0. The van der Waals surface area contributed by atoms with Gasteiger partial charge in [-0.3, -0.25) is 4.90 Å². The Bertz CT molecular complexity index is 369. The molecule has 0 saturated heterocycles. The minimum atomic E-state index is 0.851. The molecule has 2 aliphatic rings. The summed E-state index contributed by atoms with van der Waals surface area (Å²) >= 11 is 3.66. The van der Waals surface area contributed by atoms with Crippen LogP contribution in [0, 0.1) is 0 Å². The second-order valence-electron chi connectivity index (χ2n) is 4.72. The quantitative estimate of drug-likeness (QED) is 0.749. The zero-order valence-corrected chi connectivity index (χ0v) is 10.5. The molecule has 0 bridgehead atoms. The molecule has 0 unspecified atom stereocenters. The summed E-state index contributed by atoms with van der Waals surface area (Å²) in [6.45, 7) is 2.32. The van der Waals surface area contributed by atoms with Crippen LogP contribution in [-0.4, -0.2) is 10.9 Å². The van der Waals surface area contributed by atoms with Crippen molar-refractivity contribution < 1.29 is 0 Å². The topological polar surface area (TPSA) is 3.24 Å². The number of benzene rings is 1. The third kappa shape index (κ3) is 1.74. The molecule has 0 aromatic heterocycles. The van der Waals surface area contributed by atoms with Crippen LogP contribution in [0.3, 0.4) is 0 Å². The van der Waals surface area contributed by atoms with Crippen molar-refractivity contribution in [2.45, 2.75) is 44.8 Å². The summed E-state index contributed by atoms with van der Waals surface area (Å²) < 4.78 is 1.29. The minimum absolute atomic E-state index is 0.851. The molecular weight excluding hydrogens is 250 g/mol. The Morgan fingerprint density at radius 2 is 1.93 bits per heavy atom. The van der Waals surface area contributed by atoms with Crippen LogP contribution in [0.25, 0.3) is 0 Å². The summed E-state index contributed by atoms with van der Waals surface area (Å²) in [5.41, 5.74) is 3.04. The Labute approximate surface area is 99.6 Å². The summed E-state index contributed by atoms with van der Waals surface area (Å²) in [6, 6.07) is 7.44. The van der Waals surface area contributed by atoms with Gasteiger partial charge in [-0.15, -0.1) is 0 Å². The van der Waals surface area contributed by atoms with Gasteiger partial charge in [-0.1, -0.05) is 40.9 Å². The molecule has 0 spiro atoms. The molecule has 1 saturated carbocycles. The van der Waals surface area contributed by atoms with E-state index in [1.807, 2.05) is 0 Å². The average Bonchev–Trinajstić information content (AvgIpc) is 2.86. The van der Waals surface area contributed by atoms with Gasteiger partial charge in [-0.2, -0.15) is 0 Å². The molecule has 0 amide bonds. The van der Waals surface area contributed by atoms with Crippen LogP contribution in [0.4, 0.5) is 0 Å². The molecular formula is C13H16BrN. The van der Waals surface area contributed by atoms with Gasteiger partial charge in [0.1, 0.15) is 0 Å². The van der Waals surface area contributed by atoms with Crippen molar-refractivity contribution in [1.82, 2.24) is 4.90 Å². The highest BCUT2D eigenvalue weighted by Crippen LogP contribution is 2.34. The fourth-order valence-corrected chi connectivity index (χ4v) is 3.47. The molecule has 1 nitrogen and oxygen atoms in total. The van der Waals surface area contributed by atoms with Gasteiger partial charge in [-0.05, 0) is 30.0 Å². The molecule has 1 heterocycles. The smallest absolute Gasteiger partial charge is 0.0254 e.